The van der Waals surface area contributed by atoms with Gasteiger partial charge in [-0.1, -0.05) is 13.3 Å². The van der Waals surface area contributed by atoms with Crippen molar-refractivity contribution in [1.29, 1.82) is 0 Å². The number of carbonyl (C=O) groups excluding carboxylic acids is 1. The van der Waals surface area contributed by atoms with Crippen LogP contribution in [0.2, 0.25) is 0 Å². The van der Waals surface area contributed by atoms with E-state index in [9.17, 15) is 4.79 Å². The lowest BCUT2D eigenvalue weighted by Crippen LogP contribution is -2.56. The summed E-state index contributed by atoms with van der Waals surface area (Å²) < 4.78 is 0. The number of hydrogen-bond donors (Lipinski definition) is 1. The zero-order valence-corrected chi connectivity index (χ0v) is 12.3. The molecule has 0 radical (unpaired) electrons. The molecule has 0 aromatic heterocycles. The van der Waals surface area contributed by atoms with Crippen LogP contribution < -0.4 is 5.73 Å². The highest BCUT2D eigenvalue weighted by Gasteiger charge is 2.33. The molecular weight excluding hydrogens is 214 g/mol. The summed E-state index contributed by atoms with van der Waals surface area (Å²) in [6.45, 7) is 9.55. The van der Waals surface area contributed by atoms with E-state index in [0.717, 1.165) is 19.4 Å². The normalized spacial score (nSPS) is 16.7. The maximum absolute atomic E-state index is 12.4. The van der Waals surface area contributed by atoms with E-state index < -0.39 is 5.54 Å². The highest BCUT2D eigenvalue weighted by Crippen LogP contribution is 2.15. The molecule has 0 fully saturated rings. The number of rotatable bonds is 7. The van der Waals surface area contributed by atoms with Crippen LogP contribution in [-0.4, -0.2) is 54.5 Å². The van der Waals surface area contributed by atoms with Gasteiger partial charge in [-0.25, -0.2) is 0 Å². The first-order chi connectivity index (χ1) is 7.76. The van der Waals surface area contributed by atoms with E-state index in [0.29, 0.717) is 6.54 Å². The Labute approximate surface area is 106 Å². The van der Waals surface area contributed by atoms with Crippen molar-refractivity contribution in [2.45, 2.75) is 52.1 Å². The van der Waals surface area contributed by atoms with Gasteiger partial charge in [0.15, 0.2) is 0 Å². The van der Waals surface area contributed by atoms with Crippen LogP contribution in [0, 0.1) is 0 Å². The van der Waals surface area contributed by atoms with Crippen molar-refractivity contribution in [3.63, 3.8) is 0 Å². The molecule has 2 atom stereocenters. The third-order valence-electron chi connectivity index (χ3n) is 3.02. The lowest BCUT2D eigenvalue weighted by molar-refractivity contribution is -0.138. The number of amides is 1. The Morgan fingerprint density at radius 2 is 1.88 bits per heavy atom. The second-order valence-corrected chi connectivity index (χ2v) is 5.37. The summed E-state index contributed by atoms with van der Waals surface area (Å²) in [5, 5.41) is 0. The second-order valence-electron chi connectivity index (χ2n) is 5.37. The third kappa shape index (κ3) is 5.04. The van der Waals surface area contributed by atoms with Crippen molar-refractivity contribution in [3.8, 4) is 0 Å². The van der Waals surface area contributed by atoms with E-state index in [-0.39, 0.29) is 11.9 Å². The van der Waals surface area contributed by atoms with Gasteiger partial charge >= 0.3 is 0 Å². The van der Waals surface area contributed by atoms with Gasteiger partial charge in [0, 0.05) is 19.1 Å². The number of hydrogen-bond acceptors (Lipinski definition) is 3. The molecule has 0 saturated heterocycles. The van der Waals surface area contributed by atoms with Crippen LogP contribution in [0.4, 0.5) is 0 Å². The lowest BCUT2D eigenvalue weighted by atomic mass is 9.95. The monoisotopic (exact) mass is 243 g/mol. The predicted octanol–water partition coefficient (Wildman–Crippen LogP) is 1.30. The molecule has 4 nitrogen and oxygen atoms in total. The third-order valence-corrected chi connectivity index (χ3v) is 3.02. The van der Waals surface area contributed by atoms with Crippen LogP contribution in [0.25, 0.3) is 0 Å². The summed E-state index contributed by atoms with van der Waals surface area (Å²) in [7, 11) is 4.03. The predicted molar refractivity (Wildman–Crippen MR) is 72.9 cm³/mol. The molecule has 0 rings (SSSR count). The molecule has 4 heteroatoms. The van der Waals surface area contributed by atoms with Crippen molar-refractivity contribution in [2.24, 2.45) is 5.73 Å². The maximum Gasteiger partial charge on any atom is 0.242 e. The van der Waals surface area contributed by atoms with E-state index in [1.165, 1.54) is 0 Å². The van der Waals surface area contributed by atoms with Crippen LogP contribution in [0.5, 0.6) is 0 Å². The minimum atomic E-state index is -0.731. The SMILES string of the molecule is CCCC(C)(N)C(=O)N(CC)C(C)CN(C)C. The molecule has 2 N–H and O–H groups in total. The minimum absolute atomic E-state index is 0.0659. The van der Waals surface area contributed by atoms with Gasteiger partial charge in [0.05, 0.1) is 5.54 Å². The van der Waals surface area contributed by atoms with Crippen molar-refractivity contribution in [3.05, 3.63) is 0 Å². The van der Waals surface area contributed by atoms with Crippen LogP contribution in [0.3, 0.4) is 0 Å². The summed E-state index contributed by atoms with van der Waals surface area (Å²) in [6, 6.07) is 0.197. The Kier molecular flexibility index (Phi) is 6.72. The molecule has 0 aliphatic rings. The van der Waals surface area contributed by atoms with Gasteiger partial charge in [-0.15, -0.1) is 0 Å². The van der Waals surface area contributed by atoms with Gasteiger partial charge in [0.25, 0.3) is 0 Å². The van der Waals surface area contributed by atoms with Crippen LogP contribution in [-0.2, 0) is 4.79 Å². The smallest absolute Gasteiger partial charge is 0.242 e. The highest BCUT2D eigenvalue weighted by molar-refractivity contribution is 5.85. The average molecular weight is 243 g/mol. The fourth-order valence-electron chi connectivity index (χ4n) is 2.24. The first kappa shape index (κ1) is 16.4. The Morgan fingerprint density at radius 3 is 2.24 bits per heavy atom. The molecule has 0 bridgehead atoms. The first-order valence-corrected chi connectivity index (χ1v) is 6.50. The molecular formula is C13H29N3O. The van der Waals surface area contributed by atoms with Crippen molar-refractivity contribution in [1.82, 2.24) is 9.80 Å². The number of carbonyl (C=O) groups is 1. The summed E-state index contributed by atoms with van der Waals surface area (Å²) in [5.74, 6) is 0.0659. The molecule has 17 heavy (non-hydrogen) atoms. The van der Waals surface area contributed by atoms with E-state index in [4.69, 9.17) is 5.73 Å². The minimum Gasteiger partial charge on any atom is -0.337 e. The number of nitrogens with two attached hydrogens (primary N) is 1. The topological polar surface area (TPSA) is 49.6 Å². The highest BCUT2D eigenvalue weighted by atomic mass is 16.2. The van der Waals surface area contributed by atoms with Crippen molar-refractivity contribution in [2.75, 3.05) is 27.2 Å². The molecule has 0 heterocycles. The summed E-state index contributed by atoms with van der Waals surface area (Å²) in [4.78, 5) is 16.4. The molecule has 102 valence electrons. The quantitative estimate of drug-likeness (QED) is 0.733. The van der Waals surface area contributed by atoms with Gasteiger partial charge in [-0.05, 0) is 41.3 Å². The van der Waals surface area contributed by atoms with Gasteiger partial charge in [0.2, 0.25) is 5.91 Å². The average Bonchev–Trinajstić information content (AvgIpc) is 2.17. The lowest BCUT2D eigenvalue weighted by Gasteiger charge is -2.36. The van der Waals surface area contributed by atoms with E-state index in [1.54, 1.807) is 0 Å². The summed E-state index contributed by atoms with van der Waals surface area (Å²) in [6.07, 6.45) is 1.66. The van der Waals surface area contributed by atoms with E-state index >= 15 is 0 Å². The van der Waals surface area contributed by atoms with Gasteiger partial charge < -0.3 is 15.5 Å². The second kappa shape index (κ2) is 6.97. The maximum atomic E-state index is 12.4. The number of likely N-dealkylation sites (N-methyl/N-ethyl adjacent to an activating group) is 2. The standard InChI is InChI=1S/C13H29N3O/c1-7-9-13(4,14)12(17)16(8-2)11(3)10-15(5)6/h11H,7-10,14H2,1-6H3. The first-order valence-electron chi connectivity index (χ1n) is 6.50. The molecule has 0 spiro atoms. The molecule has 2 unspecified atom stereocenters. The zero-order chi connectivity index (χ0) is 13.6. The van der Waals surface area contributed by atoms with Crippen molar-refractivity contribution >= 4 is 5.91 Å². The number of nitrogens with zero attached hydrogens (tertiary/aromatic N) is 2. The Hall–Kier alpha value is -0.610. The molecule has 0 aromatic rings. The molecule has 0 saturated carbocycles. The van der Waals surface area contributed by atoms with Gasteiger partial charge in [-0.3, -0.25) is 4.79 Å². The molecule has 0 aliphatic heterocycles. The molecule has 0 aromatic carbocycles. The van der Waals surface area contributed by atoms with Crippen molar-refractivity contribution < 1.29 is 4.79 Å². The Balaban J connectivity index is 4.70. The molecule has 0 aliphatic carbocycles. The van der Waals surface area contributed by atoms with Crippen LogP contribution in [0.1, 0.15) is 40.5 Å². The summed E-state index contributed by atoms with van der Waals surface area (Å²) >= 11 is 0. The van der Waals surface area contributed by atoms with Gasteiger partial charge in [-0.2, -0.15) is 0 Å². The summed E-state index contributed by atoms with van der Waals surface area (Å²) in [5.41, 5.74) is 5.38. The largest absolute Gasteiger partial charge is 0.337 e. The van der Waals surface area contributed by atoms with E-state index in [2.05, 4.69) is 18.7 Å². The van der Waals surface area contributed by atoms with Crippen LogP contribution in [0.15, 0.2) is 0 Å². The Morgan fingerprint density at radius 1 is 1.35 bits per heavy atom. The van der Waals surface area contributed by atoms with Crippen LogP contribution >= 0.6 is 0 Å². The molecule has 1 amide bonds. The fourth-order valence-corrected chi connectivity index (χ4v) is 2.24. The van der Waals surface area contributed by atoms with E-state index in [1.807, 2.05) is 32.8 Å². The fraction of sp³-hybridized carbons (Fsp3) is 0.923. The zero-order valence-electron chi connectivity index (χ0n) is 12.3. The van der Waals surface area contributed by atoms with Gasteiger partial charge in [0.1, 0.15) is 0 Å². The Bertz CT molecular complexity index is 239.